The topological polar surface area (TPSA) is 27.0 Å². The zero-order valence-corrected chi connectivity index (χ0v) is 9.26. The fraction of sp³-hybridized carbons (Fsp3) is 0.417. The SMILES string of the molecule is Cc1cc(CC#N)cc(C)c1N(C)C. The lowest BCUT2D eigenvalue weighted by Gasteiger charge is -2.19. The zero-order chi connectivity index (χ0) is 10.7. The molecule has 1 aromatic carbocycles. The van der Waals surface area contributed by atoms with E-state index in [9.17, 15) is 0 Å². The van der Waals surface area contributed by atoms with Crippen LogP contribution in [-0.2, 0) is 6.42 Å². The molecule has 1 rings (SSSR count). The highest BCUT2D eigenvalue weighted by molar-refractivity contribution is 5.59. The predicted molar refractivity (Wildman–Crippen MR) is 59.6 cm³/mol. The van der Waals surface area contributed by atoms with E-state index in [1.165, 1.54) is 16.8 Å². The van der Waals surface area contributed by atoms with Gasteiger partial charge >= 0.3 is 0 Å². The molecule has 0 spiro atoms. The van der Waals surface area contributed by atoms with Crippen molar-refractivity contribution in [1.29, 1.82) is 5.26 Å². The smallest absolute Gasteiger partial charge is 0.0669 e. The number of hydrogen-bond donors (Lipinski definition) is 0. The van der Waals surface area contributed by atoms with E-state index in [-0.39, 0.29) is 0 Å². The standard InChI is InChI=1S/C12H16N2/c1-9-7-11(5-6-13)8-10(2)12(9)14(3)4/h7-8H,5H2,1-4H3. The first-order chi connectivity index (χ1) is 6.56. The molecule has 1 aromatic rings. The number of aryl methyl sites for hydroxylation is 2. The first-order valence-corrected chi connectivity index (χ1v) is 4.70. The maximum Gasteiger partial charge on any atom is 0.0669 e. The highest BCUT2D eigenvalue weighted by atomic mass is 15.1. The van der Waals surface area contributed by atoms with Crippen LogP contribution in [0.1, 0.15) is 16.7 Å². The molecule has 0 radical (unpaired) electrons. The van der Waals surface area contributed by atoms with Crippen LogP contribution in [0.15, 0.2) is 12.1 Å². The van der Waals surface area contributed by atoms with Crippen molar-refractivity contribution in [2.24, 2.45) is 0 Å². The van der Waals surface area contributed by atoms with Gasteiger partial charge in [0.2, 0.25) is 0 Å². The predicted octanol–water partition coefficient (Wildman–Crippen LogP) is 2.44. The Morgan fingerprint density at radius 3 is 2.07 bits per heavy atom. The van der Waals surface area contributed by atoms with Crippen LogP contribution in [0.5, 0.6) is 0 Å². The zero-order valence-electron chi connectivity index (χ0n) is 9.26. The van der Waals surface area contributed by atoms with Crippen molar-refractivity contribution in [3.05, 3.63) is 28.8 Å². The third-order valence-electron chi connectivity index (χ3n) is 2.28. The Labute approximate surface area is 85.8 Å². The van der Waals surface area contributed by atoms with Crippen LogP contribution in [0.25, 0.3) is 0 Å². The van der Waals surface area contributed by atoms with E-state index < -0.39 is 0 Å². The molecule has 0 aliphatic rings. The van der Waals surface area contributed by atoms with Gasteiger partial charge in [-0.25, -0.2) is 0 Å². The van der Waals surface area contributed by atoms with Gasteiger partial charge in [-0.05, 0) is 30.5 Å². The largest absolute Gasteiger partial charge is 0.377 e. The lowest BCUT2D eigenvalue weighted by molar-refractivity contribution is 1.09. The van der Waals surface area contributed by atoms with Gasteiger partial charge in [-0.15, -0.1) is 0 Å². The Bertz CT molecular complexity index is 349. The third kappa shape index (κ3) is 2.05. The Kier molecular flexibility index (Phi) is 3.14. The Morgan fingerprint density at radius 1 is 1.21 bits per heavy atom. The minimum Gasteiger partial charge on any atom is -0.377 e. The molecule has 0 aliphatic heterocycles. The monoisotopic (exact) mass is 188 g/mol. The summed E-state index contributed by atoms with van der Waals surface area (Å²) in [7, 11) is 4.08. The molecule has 2 nitrogen and oxygen atoms in total. The molecule has 0 bridgehead atoms. The van der Waals surface area contributed by atoms with Gasteiger partial charge in [0, 0.05) is 19.8 Å². The third-order valence-corrected chi connectivity index (χ3v) is 2.28. The lowest BCUT2D eigenvalue weighted by atomic mass is 10.0. The molecule has 0 amide bonds. The molecule has 0 aromatic heterocycles. The van der Waals surface area contributed by atoms with Crippen molar-refractivity contribution in [2.75, 3.05) is 19.0 Å². The van der Waals surface area contributed by atoms with E-state index in [1.54, 1.807) is 0 Å². The van der Waals surface area contributed by atoms with Gasteiger partial charge in [-0.2, -0.15) is 5.26 Å². The van der Waals surface area contributed by atoms with Gasteiger partial charge in [0.1, 0.15) is 0 Å². The molecule has 0 saturated heterocycles. The van der Waals surface area contributed by atoms with E-state index >= 15 is 0 Å². The van der Waals surface area contributed by atoms with Crippen molar-refractivity contribution in [1.82, 2.24) is 0 Å². The molecule has 14 heavy (non-hydrogen) atoms. The Morgan fingerprint density at radius 2 is 1.71 bits per heavy atom. The van der Waals surface area contributed by atoms with E-state index in [4.69, 9.17) is 5.26 Å². The summed E-state index contributed by atoms with van der Waals surface area (Å²) >= 11 is 0. The Hall–Kier alpha value is -1.49. The Balaban J connectivity index is 3.19. The summed E-state index contributed by atoms with van der Waals surface area (Å²) in [6.07, 6.45) is 0.495. The van der Waals surface area contributed by atoms with Crippen LogP contribution in [0.3, 0.4) is 0 Å². The van der Waals surface area contributed by atoms with Crippen LogP contribution < -0.4 is 4.90 Å². The van der Waals surface area contributed by atoms with Crippen LogP contribution in [0.2, 0.25) is 0 Å². The van der Waals surface area contributed by atoms with Crippen LogP contribution >= 0.6 is 0 Å². The minimum absolute atomic E-state index is 0.495. The second-order valence-corrected chi connectivity index (χ2v) is 3.81. The molecule has 74 valence electrons. The summed E-state index contributed by atoms with van der Waals surface area (Å²) in [6.45, 7) is 4.17. The molecule has 0 N–H and O–H groups in total. The minimum atomic E-state index is 0.495. The van der Waals surface area contributed by atoms with E-state index in [0.29, 0.717) is 6.42 Å². The summed E-state index contributed by atoms with van der Waals surface area (Å²) in [4.78, 5) is 2.11. The van der Waals surface area contributed by atoms with E-state index in [1.807, 2.05) is 14.1 Å². The van der Waals surface area contributed by atoms with Gasteiger partial charge in [0.15, 0.2) is 0 Å². The first kappa shape index (κ1) is 10.6. The highest BCUT2D eigenvalue weighted by Gasteiger charge is 2.06. The summed E-state index contributed by atoms with van der Waals surface area (Å²) in [6, 6.07) is 6.35. The molecular weight excluding hydrogens is 172 g/mol. The number of rotatable bonds is 2. The van der Waals surface area contributed by atoms with Gasteiger partial charge < -0.3 is 4.90 Å². The average molecular weight is 188 g/mol. The quantitative estimate of drug-likeness (QED) is 0.712. The number of anilines is 1. The second-order valence-electron chi connectivity index (χ2n) is 3.81. The first-order valence-electron chi connectivity index (χ1n) is 4.70. The lowest BCUT2D eigenvalue weighted by Crippen LogP contribution is -2.12. The van der Waals surface area contributed by atoms with Crippen molar-refractivity contribution >= 4 is 5.69 Å². The molecule has 0 heterocycles. The maximum atomic E-state index is 8.62. The van der Waals surface area contributed by atoms with Crippen molar-refractivity contribution in [3.8, 4) is 6.07 Å². The summed E-state index contributed by atoms with van der Waals surface area (Å²) in [5.74, 6) is 0. The van der Waals surface area contributed by atoms with Crippen molar-refractivity contribution in [2.45, 2.75) is 20.3 Å². The normalized spacial score (nSPS) is 9.64. The summed E-state index contributed by atoms with van der Waals surface area (Å²) in [5.41, 5.74) is 4.83. The summed E-state index contributed by atoms with van der Waals surface area (Å²) < 4.78 is 0. The van der Waals surface area contributed by atoms with Gasteiger partial charge in [0.05, 0.1) is 12.5 Å². The number of hydrogen-bond acceptors (Lipinski definition) is 2. The molecule has 2 heteroatoms. The van der Waals surface area contributed by atoms with E-state index in [0.717, 1.165) is 5.56 Å². The number of nitriles is 1. The number of nitrogens with zero attached hydrogens (tertiary/aromatic N) is 2. The molecule has 0 atom stereocenters. The maximum absolute atomic E-state index is 8.62. The molecule has 0 aliphatic carbocycles. The van der Waals surface area contributed by atoms with Crippen molar-refractivity contribution < 1.29 is 0 Å². The van der Waals surface area contributed by atoms with Crippen LogP contribution in [0, 0.1) is 25.2 Å². The number of benzene rings is 1. The average Bonchev–Trinajstić information content (AvgIpc) is 2.01. The fourth-order valence-electron chi connectivity index (χ4n) is 1.94. The van der Waals surface area contributed by atoms with Gasteiger partial charge in [-0.3, -0.25) is 0 Å². The highest BCUT2D eigenvalue weighted by Crippen LogP contribution is 2.24. The fourth-order valence-corrected chi connectivity index (χ4v) is 1.94. The van der Waals surface area contributed by atoms with Crippen LogP contribution in [0.4, 0.5) is 5.69 Å². The molecule has 0 unspecified atom stereocenters. The molecule has 0 fully saturated rings. The van der Waals surface area contributed by atoms with Gasteiger partial charge in [0.25, 0.3) is 0 Å². The summed E-state index contributed by atoms with van der Waals surface area (Å²) in [5, 5.41) is 8.62. The second kappa shape index (κ2) is 4.15. The van der Waals surface area contributed by atoms with Gasteiger partial charge in [-0.1, -0.05) is 12.1 Å². The van der Waals surface area contributed by atoms with Crippen molar-refractivity contribution in [3.63, 3.8) is 0 Å². The van der Waals surface area contributed by atoms with Crippen LogP contribution in [-0.4, -0.2) is 14.1 Å². The molecular formula is C12H16N2. The van der Waals surface area contributed by atoms with E-state index in [2.05, 4.69) is 36.9 Å². The molecule has 0 saturated carbocycles.